The van der Waals surface area contributed by atoms with E-state index in [1.54, 1.807) is 0 Å². The first-order valence-corrected chi connectivity index (χ1v) is 9.19. The Balaban J connectivity index is 1.93. The topological polar surface area (TPSA) is 193 Å². The molecule has 0 aliphatic rings. The molecule has 8 N–H and O–H groups in total. The molecule has 146 valence electrons. The van der Waals surface area contributed by atoms with Gasteiger partial charge in [-0.2, -0.15) is 13.8 Å². The molecule has 0 aromatic carbocycles. The second-order valence-electron chi connectivity index (χ2n) is 5.74. The van der Waals surface area contributed by atoms with Gasteiger partial charge in [-0.1, -0.05) is 12.8 Å². The zero-order valence-electron chi connectivity index (χ0n) is 13.5. The van der Waals surface area contributed by atoms with Gasteiger partial charge in [-0.15, -0.1) is 0 Å². The van der Waals surface area contributed by atoms with Crippen LogP contribution in [-0.4, -0.2) is 46.2 Å². The summed E-state index contributed by atoms with van der Waals surface area (Å²) in [6, 6.07) is 0. The van der Waals surface area contributed by atoms with Crippen molar-refractivity contribution in [1.29, 1.82) is 0 Å². The van der Waals surface area contributed by atoms with Crippen molar-refractivity contribution in [2.75, 3.05) is 11.5 Å². The van der Waals surface area contributed by atoms with Crippen LogP contribution in [0, 0.1) is 0 Å². The quantitative estimate of drug-likeness (QED) is 0.262. The van der Waals surface area contributed by atoms with Crippen LogP contribution in [0.25, 0.3) is 11.2 Å². The Morgan fingerprint density at radius 3 is 2.50 bits per heavy atom. The Kier molecular flexibility index (Phi) is 5.66. The summed E-state index contributed by atoms with van der Waals surface area (Å²) >= 11 is 0. The third kappa shape index (κ3) is 4.01. The molecule has 0 spiro atoms. The minimum absolute atomic E-state index is 0.0217. The van der Waals surface area contributed by atoms with Crippen LogP contribution in [0.5, 0.6) is 0 Å². The Hall–Kier alpha value is -2.08. The van der Waals surface area contributed by atoms with Crippen molar-refractivity contribution in [2.24, 2.45) is 0 Å². The van der Waals surface area contributed by atoms with Gasteiger partial charge in [0, 0.05) is 6.54 Å². The molecule has 0 amide bonds. The van der Waals surface area contributed by atoms with Gasteiger partial charge in [0.1, 0.15) is 6.10 Å². The summed E-state index contributed by atoms with van der Waals surface area (Å²) in [5.41, 5.74) is 6.40. The normalized spacial score (nSPS) is 14.0. The lowest BCUT2D eigenvalue weighted by Crippen LogP contribution is -2.33. The van der Waals surface area contributed by atoms with Crippen LogP contribution in [0.4, 0.5) is 20.7 Å². The number of nitrogens with zero attached hydrogens (tertiary/aromatic N) is 3. The van der Waals surface area contributed by atoms with Crippen LogP contribution in [0.15, 0.2) is 4.79 Å². The lowest BCUT2D eigenvalue weighted by molar-refractivity contribution is -0.0627. The average molecular weight is 396 g/mol. The molecular formula is C12H19F2N6O5P. The van der Waals surface area contributed by atoms with E-state index in [0.717, 1.165) is 0 Å². The molecular weight excluding hydrogens is 377 g/mol. The maximum atomic E-state index is 13.3. The predicted molar refractivity (Wildman–Crippen MR) is 88.4 cm³/mol. The molecule has 0 radical (unpaired) electrons. The van der Waals surface area contributed by atoms with Gasteiger partial charge < -0.3 is 26.4 Å². The lowest BCUT2D eigenvalue weighted by Gasteiger charge is -2.23. The van der Waals surface area contributed by atoms with Gasteiger partial charge in [0.15, 0.2) is 11.2 Å². The fourth-order valence-corrected chi connectivity index (χ4v) is 2.93. The predicted octanol–water partition coefficient (Wildman–Crippen LogP) is -0.0242. The zero-order chi connectivity index (χ0) is 19.7. The van der Waals surface area contributed by atoms with Gasteiger partial charge in [-0.3, -0.25) is 18.9 Å². The number of aliphatic hydroxyl groups is 1. The van der Waals surface area contributed by atoms with Gasteiger partial charge in [0.2, 0.25) is 11.9 Å². The molecule has 0 bridgehead atoms. The minimum atomic E-state index is -5.73. The van der Waals surface area contributed by atoms with Crippen molar-refractivity contribution in [3.05, 3.63) is 10.4 Å². The van der Waals surface area contributed by atoms with Crippen molar-refractivity contribution in [3.8, 4) is 0 Å². The number of aryl methyl sites for hydroxylation is 1. The van der Waals surface area contributed by atoms with Crippen LogP contribution < -0.4 is 17.0 Å². The number of nitrogens with one attached hydrogen (secondary N) is 1. The van der Waals surface area contributed by atoms with E-state index in [2.05, 4.69) is 15.0 Å². The zero-order valence-corrected chi connectivity index (χ0v) is 14.4. The third-order valence-corrected chi connectivity index (χ3v) is 4.88. The highest BCUT2D eigenvalue weighted by Gasteiger charge is 2.54. The number of imidazole rings is 1. The molecule has 2 rings (SSSR count). The largest absolute Gasteiger partial charge is 0.397 e. The summed E-state index contributed by atoms with van der Waals surface area (Å²) in [7, 11) is -5.73. The second kappa shape index (κ2) is 7.27. The number of hydrogen-bond donors (Lipinski definition) is 6. The van der Waals surface area contributed by atoms with E-state index in [1.807, 2.05) is 0 Å². The highest BCUT2D eigenvalue weighted by molar-refractivity contribution is 7.53. The highest BCUT2D eigenvalue weighted by atomic mass is 31.2. The van der Waals surface area contributed by atoms with Gasteiger partial charge in [0.25, 0.3) is 5.56 Å². The fourth-order valence-electron chi connectivity index (χ4n) is 2.42. The van der Waals surface area contributed by atoms with E-state index in [-0.39, 0.29) is 36.0 Å². The van der Waals surface area contributed by atoms with E-state index >= 15 is 0 Å². The van der Waals surface area contributed by atoms with Crippen molar-refractivity contribution in [2.45, 2.75) is 44.0 Å². The number of aliphatic hydroxyl groups excluding tert-OH is 1. The van der Waals surface area contributed by atoms with E-state index in [4.69, 9.17) is 21.3 Å². The summed E-state index contributed by atoms with van der Waals surface area (Å²) in [6.07, 6.45) is -2.06. The van der Waals surface area contributed by atoms with Crippen LogP contribution in [0.1, 0.15) is 25.7 Å². The first-order chi connectivity index (χ1) is 11.9. The maximum Gasteiger partial charge on any atom is 0.397 e. The number of alkyl halides is 2. The first kappa shape index (κ1) is 20.2. The summed E-state index contributed by atoms with van der Waals surface area (Å²) in [4.78, 5) is 39.0. The van der Waals surface area contributed by atoms with Gasteiger partial charge in [0.05, 0.1) is 0 Å². The Bertz CT molecular complexity index is 894. The Morgan fingerprint density at radius 2 is 1.88 bits per heavy atom. The Labute approximate surface area is 145 Å². The number of unbranched alkanes of at least 4 members (excludes halogenated alkanes) is 2. The second-order valence-corrected chi connectivity index (χ2v) is 7.43. The van der Waals surface area contributed by atoms with E-state index < -0.39 is 31.3 Å². The third-order valence-electron chi connectivity index (χ3n) is 3.80. The molecule has 26 heavy (non-hydrogen) atoms. The number of aromatic nitrogens is 4. The standard InChI is InChI=1S/C12H19F2N6O5P/c13-12(14,26(23,24)25)6(21)4-2-1-3-5-20-8-7(17-11(20)16)9(22)19-10(15)18-8/h6,21H,1-5H2,(H2,16,17)(H2,23,24,25)(H3,15,18,19,22). The number of nitrogen functional groups attached to an aromatic ring is 2. The molecule has 0 aliphatic heterocycles. The van der Waals surface area contributed by atoms with Crippen LogP contribution in [-0.2, 0) is 11.1 Å². The number of rotatable bonds is 8. The van der Waals surface area contributed by atoms with Crippen LogP contribution in [0.2, 0.25) is 0 Å². The van der Waals surface area contributed by atoms with Crippen LogP contribution in [0.3, 0.4) is 0 Å². The molecule has 1 atom stereocenters. The molecule has 0 fully saturated rings. The number of nitrogens with two attached hydrogens (primary N) is 2. The summed E-state index contributed by atoms with van der Waals surface area (Å²) in [5.74, 6) is -0.0666. The van der Waals surface area contributed by atoms with E-state index in [9.17, 15) is 23.2 Å². The van der Waals surface area contributed by atoms with Crippen LogP contribution >= 0.6 is 7.60 Å². The van der Waals surface area contributed by atoms with Crippen molar-refractivity contribution in [3.63, 3.8) is 0 Å². The number of anilines is 2. The number of fused-ring (bicyclic) bond motifs is 1. The van der Waals surface area contributed by atoms with Gasteiger partial charge in [-0.25, -0.2) is 4.98 Å². The summed E-state index contributed by atoms with van der Waals surface area (Å²) in [6.45, 7) is 0.267. The molecule has 2 aromatic heterocycles. The van der Waals surface area contributed by atoms with Gasteiger partial charge >= 0.3 is 13.3 Å². The SMILES string of the molecule is Nc1nc2c(nc(N)n2CCCCCC(O)C(F)(F)P(=O)(O)O)c(=O)[nH]1. The van der Waals surface area contributed by atoms with Crippen molar-refractivity contribution in [1.82, 2.24) is 19.5 Å². The van der Waals surface area contributed by atoms with Crippen molar-refractivity contribution >= 4 is 30.7 Å². The number of H-pyrrole nitrogens is 1. The molecule has 1 unspecified atom stereocenters. The summed E-state index contributed by atoms with van der Waals surface area (Å²) in [5, 5.41) is 9.30. The lowest BCUT2D eigenvalue weighted by atomic mass is 10.1. The van der Waals surface area contributed by atoms with E-state index in [1.165, 1.54) is 4.57 Å². The molecule has 11 nitrogen and oxygen atoms in total. The minimum Gasteiger partial charge on any atom is -0.386 e. The summed E-state index contributed by atoms with van der Waals surface area (Å²) < 4.78 is 38.6. The van der Waals surface area contributed by atoms with Gasteiger partial charge in [-0.05, 0) is 12.8 Å². The molecule has 14 heteroatoms. The maximum absolute atomic E-state index is 13.3. The fraction of sp³-hybridized carbons (Fsp3) is 0.583. The number of hydrogen-bond acceptors (Lipinski definition) is 7. The highest BCUT2D eigenvalue weighted by Crippen LogP contribution is 2.55. The number of halogens is 2. The van der Waals surface area contributed by atoms with Crippen molar-refractivity contribution < 1.29 is 28.2 Å². The smallest absolute Gasteiger partial charge is 0.386 e. The monoisotopic (exact) mass is 396 g/mol. The average Bonchev–Trinajstić information content (AvgIpc) is 2.82. The Morgan fingerprint density at radius 1 is 1.23 bits per heavy atom. The number of aromatic amines is 1. The molecule has 0 saturated carbocycles. The molecule has 2 aromatic rings. The molecule has 2 heterocycles. The van der Waals surface area contributed by atoms with E-state index in [0.29, 0.717) is 12.8 Å². The molecule has 0 aliphatic carbocycles. The molecule has 0 saturated heterocycles. The first-order valence-electron chi connectivity index (χ1n) is 7.58.